The Morgan fingerprint density at radius 1 is 0.319 bits per heavy atom. The first-order valence-electron chi connectivity index (χ1n) is 23.7. The number of nitrogens with one attached hydrogen (secondary N) is 3. The van der Waals surface area contributed by atoms with Crippen molar-refractivity contribution in [2.45, 2.75) is 76.5 Å². The molecule has 0 radical (unpaired) electrons. The molecule has 0 saturated heterocycles. The van der Waals surface area contributed by atoms with Crippen LogP contribution in [0.3, 0.4) is 0 Å². The number of carbonyl (C=O) groups is 3. The van der Waals surface area contributed by atoms with Crippen LogP contribution in [0.15, 0.2) is 200 Å². The molecule has 0 aromatic heterocycles. The maximum atomic E-state index is 15.0. The van der Waals surface area contributed by atoms with Crippen LogP contribution in [-0.4, -0.2) is 51.2 Å². The van der Waals surface area contributed by atoms with E-state index in [1.807, 2.05) is 224 Å². The summed E-state index contributed by atoms with van der Waals surface area (Å²) in [4.78, 5) is 44.9. The van der Waals surface area contributed by atoms with Crippen LogP contribution in [0.1, 0.15) is 106 Å². The molecular formula is C60H63N3O6. The van der Waals surface area contributed by atoms with Gasteiger partial charge in [-0.3, -0.25) is 14.4 Å². The summed E-state index contributed by atoms with van der Waals surface area (Å²) in [5, 5.41) is 48.1. The number of benzene rings is 7. The largest absolute Gasteiger partial charge is 0.378 e. The monoisotopic (exact) mass is 921 g/mol. The van der Waals surface area contributed by atoms with Crippen molar-refractivity contribution in [2.75, 3.05) is 0 Å². The minimum Gasteiger partial charge on any atom is -0.378 e. The minimum absolute atomic E-state index is 0.0214. The van der Waals surface area contributed by atoms with Gasteiger partial charge in [0.2, 0.25) is 0 Å². The van der Waals surface area contributed by atoms with Crippen LogP contribution >= 0.6 is 0 Å². The van der Waals surface area contributed by atoms with Crippen LogP contribution in [0.25, 0.3) is 0 Å². The van der Waals surface area contributed by atoms with Gasteiger partial charge in [-0.1, -0.05) is 224 Å². The van der Waals surface area contributed by atoms with Crippen LogP contribution in [0.2, 0.25) is 0 Å². The van der Waals surface area contributed by atoms with Crippen molar-refractivity contribution >= 4 is 17.7 Å². The first-order chi connectivity index (χ1) is 33.1. The van der Waals surface area contributed by atoms with Crippen molar-refractivity contribution in [1.82, 2.24) is 16.0 Å². The van der Waals surface area contributed by atoms with Crippen molar-refractivity contribution in [2.24, 2.45) is 17.8 Å². The molecule has 6 N–H and O–H groups in total. The molecule has 7 aromatic rings. The highest BCUT2D eigenvalue weighted by atomic mass is 16.3. The van der Waals surface area contributed by atoms with Gasteiger partial charge in [-0.15, -0.1) is 0 Å². The summed E-state index contributed by atoms with van der Waals surface area (Å²) in [5.74, 6) is -2.89. The number of amides is 3. The summed E-state index contributed by atoms with van der Waals surface area (Å²) in [6, 6.07) is 56.5. The van der Waals surface area contributed by atoms with Gasteiger partial charge in [0, 0.05) is 16.7 Å². The Balaban J connectivity index is 1.34. The summed E-state index contributed by atoms with van der Waals surface area (Å²) >= 11 is 0. The van der Waals surface area contributed by atoms with Gasteiger partial charge in [0.1, 0.15) is 16.8 Å². The molecule has 9 nitrogen and oxygen atoms in total. The molecule has 0 spiro atoms. The van der Waals surface area contributed by atoms with Crippen molar-refractivity contribution in [1.29, 1.82) is 0 Å². The van der Waals surface area contributed by atoms with Crippen molar-refractivity contribution < 1.29 is 29.7 Å². The normalized spacial score (nSPS) is 13.4. The van der Waals surface area contributed by atoms with Crippen molar-refractivity contribution in [3.63, 3.8) is 0 Å². The Hall–Kier alpha value is -7.17. The Morgan fingerprint density at radius 3 is 0.623 bits per heavy atom. The number of carbonyl (C=O) groups excluding carboxylic acids is 3. The molecule has 0 aliphatic rings. The van der Waals surface area contributed by atoms with E-state index in [0.717, 1.165) is 0 Å². The predicted molar refractivity (Wildman–Crippen MR) is 272 cm³/mol. The van der Waals surface area contributed by atoms with E-state index in [9.17, 15) is 29.7 Å². The molecule has 7 rings (SSSR count). The van der Waals surface area contributed by atoms with E-state index in [2.05, 4.69) is 16.0 Å². The summed E-state index contributed by atoms with van der Waals surface area (Å²) in [5.41, 5.74) is -1.76. The summed E-state index contributed by atoms with van der Waals surface area (Å²) in [6.07, 6.45) is 0. The molecular weight excluding hydrogens is 859 g/mol. The fraction of sp³-hybridized carbons (Fsp3) is 0.250. The lowest BCUT2D eigenvalue weighted by molar-refractivity contribution is 0.0182. The van der Waals surface area contributed by atoms with Gasteiger partial charge in [-0.25, -0.2) is 0 Å². The second kappa shape index (κ2) is 21.4. The third-order valence-electron chi connectivity index (χ3n) is 13.2. The van der Waals surface area contributed by atoms with E-state index < -0.39 is 52.7 Å². The minimum atomic E-state index is -1.70. The highest BCUT2D eigenvalue weighted by molar-refractivity contribution is 6.05. The zero-order chi connectivity index (χ0) is 49.3. The van der Waals surface area contributed by atoms with Gasteiger partial charge in [-0.2, -0.15) is 0 Å². The molecule has 3 amide bonds. The van der Waals surface area contributed by atoms with Gasteiger partial charge in [0.25, 0.3) is 17.7 Å². The van der Waals surface area contributed by atoms with E-state index in [4.69, 9.17) is 0 Å². The van der Waals surface area contributed by atoms with Gasteiger partial charge in [0.05, 0.1) is 18.1 Å². The Labute approximate surface area is 406 Å². The maximum absolute atomic E-state index is 15.0. The molecule has 9 heteroatoms. The molecule has 3 atom stereocenters. The first kappa shape index (κ1) is 49.7. The number of hydrogen-bond donors (Lipinski definition) is 6. The lowest BCUT2D eigenvalue weighted by atomic mass is 9.75. The zero-order valence-electron chi connectivity index (χ0n) is 40.1. The molecule has 0 aliphatic heterocycles. The molecule has 0 unspecified atom stereocenters. The highest BCUT2D eigenvalue weighted by Crippen LogP contribution is 2.39. The predicted octanol–water partition coefficient (Wildman–Crippen LogP) is 9.76. The SMILES string of the molecule is CC(C)[C@H](NC(=O)c1cc(C(=O)N[C@@H](C(C)C)C(O)(c2ccccc2)c2ccccc2)cc(C(=O)N[C@@H](C(C)C)C(O)(c2ccccc2)c2ccccc2)c1)C(O)(c1ccccc1)c1ccccc1. The fourth-order valence-corrected chi connectivity index (χ4v) is 9.69. The maximum Gasteiger partial charge on any atom is 0.251 e. The van der Waals surface area contributed by atoms with Crippen LogP contribution in [0.4, 0.5) is 0 Å². The topological polar surface area (TPSA) is 148 Å². The Morgan fingerprint density at radius 2 is 0.478 bits per heavy atom. The lowest BCUT2D eigenvalue weighted by Gasteiger charge is -2.40. The summed E-state index contributed by atoms with van der Waals surface area (Å²) in [6.45, 7) is 11.4. The molecule has 0 bridgehead atoms. The number of hydrogen-bond acceptors (Lipinski definition) is 6. The van der Waals surface area contributed by atoms with Crippen molar-refractivity contribution in [3.05, 3.63) is 250 Å². The van der Waals surface area contributed by atoms with Gasteiger partial charge in [-0.05, 0) is 69.3 Å². The van der Waals surface area contributed by atoms with Crippen molar-refractivity contribution in [3.8, 4) is 0 Å². The first-order valence-corrected chi connectivity index (χ1v) is 23.7. The molecule has 0 fully saturated rings. The average Bonchev–Trinajstić information content (AvgIpc) is 3.39. The molecule has 0 saturated carbocycles. The Bertz CT molecular complexity index is 2350. The molecule has 354 valence electrons. The second-order valence-corrected chi connectivity index (χ2v) is 18.9. The fourth-order valence-electron chi connectivity index (χ4n) is 9.69. The lowest BCUT2D eigenvalue weighted by Crippen LogP contribution is -2.55. The zero-order valence-corrected chi connectivity index (χ0v) is 40.1. The third kappa shape index (κ3) is 10.3. The Kier molecular flexibility index (Phi) is 15.4. The standard InChI is InChI=1S/C60H63N3O6/c1-40(2)52(58(67,46-25-13-7-14-26-46)47-27-15-8-16-28-47)61-55(64)43-37-44(56(65)62-53(41(3)4)59(68,48-29-17-9-18-30-48)49-31-19-10-20-32-49)39-45(38-43)57(66)63-54(42(5)6)60(69,50-33-21-11-22-34-50)51-35-23-12-24-36-51/h7-42,52-54,67-69H,1-6H3,(H,61,64)(H,62,65)(H,63,66)/t52-,53-,54-/m0/s1. The average molecular weight is 922 g/mol. The summed E-state index contributed by atoms with van der Waals surface area (Å²) in [7, 11) is 0. The van der Waals surface area contributed by atoms with Gasteiger partial charge in [0.15, 0.2) is 0 Å². The molecule has 0 heterocycles. The third-order valence-corrected chi connectivity index (χ3v) is 13.2. The smallest absolute Gasteiger partial charge is 0.251 e. The van der Waals surface area contributed by atoms with Gasteiger partial charge >= 0.3 is 0 Å². The van der Waals surface area contributed by atoms with Crippen LogP contribution in [0, 0.1) is 17.8 Å². The quantitative estimate of drug-likeness (QED) is 0.0505. The molecule has 69 heavy (non-hydrogen) atoms. The van der Waals surface area contributed by atoms with Crippen LogP contribution in [0.5, 0.6) is 0 Å². The van der Waals surface area contributed by atoms with E-state index in [1.165, 1.54) is 18.2 Å². The number of rotatable bonds is 18. The second-order valence-electron chi connectivity index (χ2n) is 18.9. The van der Waals surface area contributed by atoms with E-state index in [1.54, 1.807) is 0 Å². The van der Waals surface area contributed by atoms with Crippen LogP contribution < -0.4 is 16.0 Å². The molecule has 0 aliphatic carbocycles. The summed E-state index contributed by atoms with van der Waals surface area (Å²) < 4.78 is 0. The molecule has 7 aromatic carbocycles. The van der Waals surface area contributed by atoms with E-state index in [-0.39, 0.29) is 34.4 Å². The van der Waals surface area contributed by atoms with E-state index >= 15 is 0 Å². The van der Waals surface area contributed by atoms with Gasteiger partial charge < -0.3 is 31.3 Å². The van der Waals surface area contributed by atoms with Crippen LogP contribution in [-0.2, 0) is 16.8 Å². The highest BCUT2D eigenvalue weighted by Gasteiger charge is 2.46. The number of aliphatic hydroxyl groups is 3. The van der Waals surface area contributed by atoms with E-state index in [0.29, 0.717) is 33.4 Å².